The van der Waals surface area contributed by atoms with Gasteiger partial charge in [0.1, 0.15) is 6.04 Å². The number of aryl methyl sites for hydroxylation is 2. The van der Waals surface area contributed by atoms with Crippen molar-refractivity contribution in [2.24, 2.45) is 0 Å². The van der Waals surface area contributed by atoms with Crippen LogP contribution in [0, 0.1) is 13.8 Å². The summed E-state index contributed by atoms with van der Waals surface area (Å²) >= 11 is 0. The Balaban J connectivity index is 1.69. The van der Waals surface area contributed by atoms with Crippen LogP contribution in [-0.4, -0.2) is 30.3 Å². The third-order valence-corrected chi connectivity index (χ3v) is 6.35. The van der Waals surface area contributed by atoms with Crippen molar-refractivity contribution in [1.29, 1.82) is 0 Å². The van der Waals surface area contributed by atoms with Crippen LogP contribution in [0.15, 0.2) is 71.3 Å². The first-order valence-corrected chi connectivity index (χ1v) is 12.0. The maximum Gasteiger partial charge on any atom is 0.287 e. The van der Waals surface area contributed by atoms with E-state index in [-0.39, 0.29) is 24.3 Å². The molecule has 182 valence electrons. The Kier molecular flexibility index (Phi) is 7.65. The van der Waals surface area contributed by atoms with Crippen LogP contribution in [0.4, 0.5) is 5.69 Å². The molecule has 4 rings (SSSR count). The molecule has 7 nitrogen and oxygen atoms in total. The maximum absolute atomic E-state index is 13.7. The lowest BCUT2D eigenvalue weighted by Gasteiger charge is -2.33. The number of hydrogen-bond acceptors (Lipinski definition) is 4. The normalized spacial score (nSPS) is 14.3. The van der Waals surface area contributed by atoms with Gasteiger partial charge >= 0.3 is 0 Å². The first-order valence-electron chi connectivity index (χ1n) is 12.0. The Morgan fingerprint density at radius 1 is 1.00 bits per heavy atom. The fourth-order valence-electron chi connectivity index (χ4n) is 4.63. The molecule has 0 bridgehead atoms. The highest BCUT2D eigenvalue weighted by molar-refractivity contribution is 6.04. The van der Waals surface area contributed by atoms with Gasteiger partial charge in [0, 0.05) is 11.7 Å². The fourth-order valence-corrected chi connectivity index (χ4v) is 4.63. The Morgan fingerprint density at radius 3 is 2.40 bits per heavy atom. The van der Waals surface area contributed by atoms with E-state index in [0.29, 0.717) is 11.3 Å². The van der Waals surface area contributed by atoms with Gasteiger partial charge < -0.3 is 15.1 Å². The Bertz CT molecular complexity index is 1170. The van der Waals surface area contributed by atoms with E-state index in [1.54, 1.807) is 6.07 Å². The van der Waals surface area contributed by atoms with Crippen LogP contribution in [0.1, 0.15) is 59.0 Å². The molecule has 2 aromatic carbocycles. The van der Waals surface area contributed by atoms with Gasteiger partial charge in [-0.1, -0.05) is 60.9 Å². The topological polar surface area (TPSA) is 91.7 Å². The van der Waals surface area contributed by atoms with Gasteiger partial charge in [0.05, 0.1) is 12.8 Å². The average molecular weight is 474 g/mol. The second kappa shape index (κ2) is 11.0. The van der Waals surface area contributed by atoms with Gasteiger partial charge in [0.15, 0.2) is 5.76 Å². The van der Waals surface area contributed by atoms with Crippen molar-refractivity contribution in [2.45, 2.75) is 51.6 Å². The number of amides is 3. The first kappa shape index (κ1) is 24.3. The van der Waals surface area contributed by atoms with Gasteiger partial charge in [-0.3, -0.25) is 19.3 Å². The zero-order chi connectivity index (χ0) is 24.8. The number of carbonyl (C=O) groups is 3. The zero-order valence-electron chi connectivity index (χ0n) is 20.1. The third-order valence-electron chi connectivity index (χ3n) is 6.35. The second-order valence-corrected chi connectivity index (χ2v) is 9.02. The molecule has 3 aromatic rings. The highest BCUT2D eigenvalue weighted by atomic mass is 16.3. The minimum absolute atomic E-state index is 0.100. The fraction of sp³-hybridized carbons (Fsp3) is 0.321. The van der Waals surface area contributed by atoms with Crippen molar-refractivity contribution in [3.05, 3.63) is 89.4 Å². The van der Waals surface area contributed by atoms with Crippen molar-refractivity contribution in [2.75, 3.05) is 11.4 Å². The van der Waals surface area contributed by atoms with Crippen molar-refractivity contribution in [1.82, 2.24) is 10.6 Å². The molecule has 1 aliphatic rings. The van der Waals surface area contributed by atoms with Gasteiger partial charge in [-0.05, 0) is 56.0 Å². The molecule has 1 fully saturated rings. The predicted molar refractivity (Wildman–Crippen MR) is 134 cm³/mol. The number of benzene rings is 2. The molecule has 0 radical (unpaired) electrons. The Labute approximate surface area is 205 Å². The summed E-state index contributed by atoms with van der Waals surface area (Å²) in [6.07, 6.45) is 5.43. The van der Waals surface area contributed by atoms with Crippen LogP contribution in [-0.2, 0) is 9.59 Å². The summed E-state index contributed by atoms with van der Waals surface area (Å²) in [5.74, 6) is -0.994. The lowest BCUT2D eigenvalue weighted by atomic mass is 10.0. The van der Waals surface area contributed by atoms with Crippen LogP contribution in [0.2, 0.25) is 0 Å². The number of carbonyl (C=O) groups excluding carboxylic acids is 3. The number of anilines is 1. The lowest BCUT2D eigenvalue weighted by molar-refractivity contribution is -0.126. The van der Waals surface area contributed by atoms with Crippen molar-refractivity contribution in [3.63, 3.8) is 0 Å². The molecule has 1 heterocycles. The van der Waals surface area contributed by atoms with Crippen LogP contribution >= 0.6 is 0 Å². The van der Waals surface area contributed by atoms with Crippen molar-refractivity contribution >= 4 is 23.4 Å². The smallest absolute Gasteiger partial charge is 0.287 e. The quantitative estimate of drug-likeness (QED) is 0.505. The molecule has 7 heteroatoms. The van der Waals surface area contributed by atoms with Crippen LogP contribution in [0.3, 0.4) is 0 Å². The Hall–Kier alpha value is -3.87. The van der Waals surface area contributed by atoms with E-state index in [9.17, 15) is 14.4 Å². The molecule has 2 N–H and O–H groups in total. The van der Waals surface area contributed by atoms with E-state index in [1.807, 2.05) is 62.4 Å². The van der Waals surface area contributed by atoms with Crippen molar-refractivity contribution < 1.29 is 18.8 Å². The van der Waals surface area contributed by atoms with E-state index in [2.05, 4.69) is 10.6 Å². The summed E-state index contributed by atoms with van der Waals surface area (Å²) in [4.78, 5) is 41.4. The molecular formula is C28H31N3O4. The molecule has 0 unspecified atom stereocenters. The molecule has 1 aromatic heterocycles. The number of hydrogen-bond donors (Lipinski definition) is 2. The van der Waals surface area contributed by atoms with Gasteiger partial charge in [0.25, 0.3) is 5.91 Å². The van der Waals surface area contributed by atoms with Gasteiger partial charge in [-0.15, -0.1) is 0 Å². The zero-order valence-corrected chi connectivity index (χ0v) is 20.1. The number of nitrogens with zero attached hydrogens (tertiary/aromatic N) is 1. The summed E-state index contributed by atoms with van der Waals surface area (Å²) in [7, 11) is 0. The Morgan fingerprint density at radius 2 is 1.74 bits per heavy atom. The van der Waals surface area contributed by atoms with Crippen LogP contribution in [0.25, 0.3) is 0 Å². The highest BCUT2D eigenvalue weighted by Crippen LogP contribution is 2.32. The predicted octanol–water partition coefficient (Wildman–Crippen LogP) is 4.46. The van der Waals surface area contributed by atoms with Gasteiger partial charge in [0.2, 0.25) is 11.8 Å². The highest BCUT2D eigenvalue weighted by Gasteiger charge is 2.35. The van der Waals surface area contributed by atoms with E-state index in [4.69, 9.17) is 4.42 Å². The first-order chi connectivity index (χ1) is 16.9. The molecule has 1 saturated carbocycles. The molecule has 3 amide bonds. The SMILES string of the molecule is Cc1ccc(N(C(=O)CNC(=O)c2ccco2)[C@H](C(=O)NC2CCCC2)c2ccccc2)c(C)c1. The number of furan rings is 1. The lowest BCUT2D eigenvalue weighted by Crippen LogP contribution is -2.49. The number of nitrogens with one attached hydrogen (secondary N) is 2. The molecule has 0 saturated heterocycles. The summed E-state index contributed by atoms with van der Waals surface area (Å²) in [6.45, 7) is 3.61. The standard InChI is InChI=1S/C28H31N3O4/c1-19-14-15-23(20(2)17-19)31(25(32)18-29-27(33)24-13-8-16-35-24)26(21-9-4-3-5-10-21)28(34)30-22-11-6-7-12-22/h3-5,8-10,13-17,22,26H,6-7,11-12,18H2,1-2H3,(H,29,33)(H,30,34)/t26-/m0/s1. The van der Waals surface area contributed by atoms with Gasteiger partial charge in [-0.2, -0.15) is 0 Å². The monoisotopic (exact) mass is 473 g/mol. The van der Waals surface area contributed by atoms with E-state index in [0.717, 1.165) is 36.8 Å². The van der Waals surface area contributed by atoms with Crippen LogP contribution in [0.5, 0.6) is 0 Å². The molecule has 0 aliphatic heterocycles. The summed E-state index contributed by atoms with van der Waals surface area (Å²) in [6, 6.07) is 17.4. The molecule has 1 aliphatic carbocycles. The maximum atomic E-state index is 13.7. The third kappa shape index (κ3) is 5.80. The van der Waals surface area contributed by atoms with Gasteiger partial charge in [-0.25, -0.2) is 0 Å². The van der Waals surface area contributed by atoms with E-state index < -0.39 is 17.9 Å². The van der Waals surface area contributed by atoms with E-state index >= 15 is 0 Å². The molecular weight excluding hydrogens is 442 g/mol. The largest absolute Gasteiger partial charge is 0.459 e. The van der Waals surface area contributed by atoms with E-state index in [1.165, 1.54) is 17.2 Å². The molecule has 0 spiro atoms. The van der Waals surface area contributed by atoms with Crippen LogP contribution < -0.4 is 15.5 Å². The minimum atomic E-state index is -0.883. The molecule has 35 heavy (non-hydrogen) atoms. The summed E-state index contributed by atoms with van der Waals surface area (Å²) in [5.41, 5.74) is 3.25. The number of rotatable bonds is 8. The molecule has 1 atom stereocenters. The minimum Gasteiger partial charge on any atom is -0.459 e. The summed E-state index contributed by atoms with van der Waals surface area (Å²) < 4.78 is 5.13. The average Bonchev–Trinajstić information content (AvgIpc) is 3.56. The van der Waals surface area contributed by atoms with Crippen molar-refractivity contribution in [3.8, 4) is 0 Å². The summed E-state index contributed by atoms with van der Waals surface area (Å²) in [5, 5.41) is 5.79. The second-order valence-electron chi connectivity index (χ2n) is 9.02.